The predicted octanol–water partition coefficient (Wildman–Crippen LogP) is 4.80. The minimum atomic E-state index is -1.98. The molecule has 1 atom stereocenters. The number of carbonyl (C=O) groups excluding carboxylic acids is 1. The lowest BCUT2D eigenvalue weighted by Crippen LogP contribution is -2.70. The number of hydrogen-bond donors (Lipinski definition) is 1. The second-order valence-corrected chi connectivity index (χ2v) is 9.00. The zero-order valence-electron chi connectivity index (χ0n) is 17.6. The molecule has 34 heavy (non-hydrogen) atoms. The van der Waals surface area contributed by atoms with Crippen LogP contribution in [0.1, 0.15) is 16.7 Å². The number of anilines is 2. The third-order valence-electron chi connectivity index (χ3n) is 6.23. The van der Waals surface area contributed by atoms with E-state index in [1.165, 1.54) is 28.0 Å². The van der Waals surface area contributed by atoms with Crippen molar-refractivity contribution < 1.29 is 14.6 Å². The van der Waals surface area contributed by atoms with E-state index in [1.807, 2.05) is 12.1 Å². The number of ether oxygens (including phenoxy) is 1. The van der Waals surface area contributed by atoms with Gasteiger partial charge in [0.25, 0.3) is 0 Å². The maximum Gasteiger partial charge on any atom is 0.332 e. The molecular weight excluding hydrogens is 475 g/mol. The van der Waals surface area contributed by atoms with Crippen molar-refractivity contribution >= 4 is 40.6 Å². The monoisotopic (exact) mass is 490 g/mol. The van der Waals surface area contributed by atoms with E-state index in [2.05, 4.69) is 0 Å². The number of amides is 2. The van der Waals surface area contributed by atoms with Crippen LogP contribution in [0.25, 0.3) is 0 Å². The van der Waals surface area contributed by atoms with Crippen LogP contribution < -0.4 is 9.80 Å². The lowest BCUT2D eigenvalue weighted by Gasteiger charge is -2.51. The summed E-state index contributed by atoms with van der Waals surface area (Å²) in [6.07, 6.45) is 0. The molecule has 0 bridgehead atoms. The molecule has 3 aromatic rings. The SMILES string of the molecule is N#Cc1cc(C#N)cc(C2(O)N(c3ccc(Cl)cc3)C(=O)N(c3ccc(Cl)cc3)C23COC3)c1. The Balaban J connectivity index is 1.80. The summed E-state index contributed by atoms with van der Waals surface area (Å²) in [5.74, 6) is 0. The summed E-state index contributed by atoms with van der Waals surface area (Å²) in [6, 6.07) is 21.1. The van der Waals surface area contributed by atoms with Gasteiger partial charge in [0.1, 0.15) is 5.54 Å². The second-order valence-electron chi connectivity index (χ2n) is 8.13. The quantitative estimate of drug-likeness (QED) is 0.568. The van der Waals surface area contributed by atoms with E-state index < -0.39 is 17.3 Å². The molecule has 2 aliphatic rings. The summed E-state index contributed by atoms with van der Waals surface area (Å²) in [5, 5.41) is 32.6. The fraction of sp³-hybridized carbons (Fsp3) is 0.160. The highest BCUT2D eigenvalue weighted by Gasteiger charge is 2.72. The van der Waals surface area contributed by atoms with Crippen molar-refractivity contribution in [1.82, 2.24) is 0 Å². The molecule has 2 amide bonds. The molecule has 2 heterocycles. The smallest absolute Gasteiger partial charge is 0.332 e. The number of aliphatic hydroxyl groups is 1. The van der Waals surface area contributed by atoms with Gasteiger partial charge >= 0.3 is 6.03 Å². The number of halogens is 2. The third-order valence-corrected chi connectivity index (χ3v) is 6.73. The minimum absolute atomic E-state index is 0.0284. The van der Waals surface area contributed by atoms with E-state index in [9.17, 15) is 20.4 Å². The Morgan fingerprint density at radius 2 is 1.29 bits per heavy atom. The summed E-state index contributed by atoms with van der Waals surface area (Å²) in [7, 11) is 0. The van der Waals surface area contributed by atoms with Gasteiger partial charge in [-0.1, -0.05) is 23.2 Å². The van der Waals surface area contributed by atoms with Crippen LogP contribution in [0.5, 0.6) is 0 Å². The van der Waals surface area contributed by atoms with Crippen molar-refractivity contribution in [3.63, 3.8) is 0 Å². The highest BCUT2D eigenvalue weighted by molar-refractivity contribution is 6.31. The molecule has 0 saturated carbocycles. The molecule has 2 aliphatic heterocycles. The van der Waals surface area contributed by atoms with Crippen LogP contribution in [0, 0.1) is 22.7 Å². The lowest BCUT2D eigenvalue weighted by molar-refractivity contribution is -0.153. The zero-order valence-corrected chi connectivity index (χ0v) is 19.1. The van der Waals surface area contributed by atoms with Crippen molar-refractivity contribution in [3.8, 4) is 12.1 Å². The number of urea groups is 1. The zero-order chi connectivity index (χ0) is 24.1. The molecule has 9 heteroatoms. The van der Waals surface area contributed by atoms with Gasteiger partial charge < -0.3 is 9.84 Å². The first kappa shape index (κ1) is 22.2. The van der Waals surface area contributed by atoms with Gasteiger partial charge in [-0.2, -0.15) is 10.5 Å². The van der Waals surface area contributed by atoms with Crippen LogP contribution in [0.15, 0.2) is 66.7 Å². The molecule has 0 radical (unpaired) electrons. The first-order valence-electron chi connectivity index (χ1n) is 10.3. The Labute approximate surface area is 205 Å². The number of benzene rings is 3. The average molecular weight is 491 g/mol. The molecule has 7 nitrogen and oxygen atoms in total. The molecular formula is C25H16Cl2N4O3. The van der Waals surface area contributed by atoms with Gasteiger partial charge in [-0.15, -0.1) is 0 Å². The standard InChI is InChI=1S/C25H16Cl2N4O3/c26-19-1-5-21(6-2-19)30-23(32)31(22-7-3-20(27)4-8-22)25(33,24(30)14-34-15-24)18-10-16(12-28)9-17(11-18)13-29/h1-11,33H,14-15H2. The molecule has 2 saturated heterocycles. The summed E-state index contributed by atoms with van der Waals surface area (Å²) < 4.78 is 5.56. The first-order valence-corrected chi connectivity index (χ1v) is 11.0. The van der Waals surface area contributed by atoms with Crippen molar-refractivity contribution in [2.75, 3.05) is 23.0 Å². The highest BCUT2D eigenvalue weighted by Crippen LogP contribution is 2.54. The van der Waals surface area contributed by atoms with E-state index in [1.54, 1.807) is 48.5 Å². The van der Waals surface area contributed by atoms with Crippen LogP contribution in [0.4, 0.5) is 16.2 Å². The molecule has 1 spiro atoms. The fourth-order valence-corrected chi connectivity index (χ4v) is 4.85. The van der Waals surface area contributed by atoms with Crippen LogP contribution in [0.3, 0.4) is 0 Å². The van der Waals surface area contributed by atoms with Gasteiger partial charge in [0.05, 0.1) is 36.5 Å². The van der Waals surface area contributed by atoms with E-state index in [0.717, 1.165) is 0 Å². The van der Waals surface area contributed by atoms with Gasteiger partial charge in [-0.25, -0.2) is 4.79 Å². The summed E-state index contributed by atoms with van der Waals surface area (Å²) >= 11 is 12.1. The van der Waals surface area contributed by atoms with Crippen LogP contribution >= 0.6 is 23.2 Å². The maximum absolute atomic E-state index is 14.0. The minimum Gasteiger partial charge on any atom is -0.376 e. The second kappa shape index (κ2) is 8.02. The van der Waals surface area contributed by atoms with Crippen molar-refractivity contribution in [3.05, 3.63) is 93.5 Å². The van der Waals surface area contributed by atoms with Gasteiger partial charge in [0, 0.05) is 27.0 Å². The van der Waals surface area contributed by atoms with Gasteiger partial charge in [0.15, 0.2) is 0 Å². The molecule has 0 aliphatic carbocycles. The van der Waals surface area contributed by atoms with Crippen LogP contribution in [-0.4, -0.2) is 29.9 Å². The van der Waals surface area contributed by atoms with Crippen molar-refractivity contribution in [2.24, 2.45) is 0 Å². The van der Waals surface area contributed by atoms with Gasteiger partial charge in [-0.3, -0.25) is 9.80 Å². The Morgan fingerprint density at radius 3 is 1.71 bits per heavy atom. The van der Waals surface area contributed by atoms with E-state index in [4.69, 9.17) is 27.9 Å². The summed E-state index contributed by atoms with van der Waals surface area (Å²) in [5.41, 5.74) is -1.71. The van der Waals surface area contributed by atoms with Crippen LogP contribution in [0.2, 0.25) is 10.0 Å². The first-order chi connectivity index (χ1) is 16.3. The summed E-state index contributed by atoms with van der Waals surface area (Å²) in [4.78, 5) is 16.8. The third kappa shape index (κ3) is 3.07. The maximum atomic E-state index is 14.0. The molecule has 5 rings (SSSR count). The fourth-order valence-electron chi connectivity index (χ4n) is 4.60. The Hall–Kier alpha value is -3.59. The number of nitrogens with zero attached hydrogens (tertiary/aromatic N) is 4. The molecule has 1 unspecified atom stereocenters. The number of nitriles is 2. The van der Waals surface area contributed by atoms with Gasteiger partial charge in [0.2, 0.25) is 5.72 Å². The Morgan fingerprint density at radius 1 is 0.824 bits per heavy atom. The summed E-state index contributed by atoms with van der Waals surface area (Å²) in [6.45, 7) is 0.0568. The van der Waals surface area contributed by atoms with Crippen LogP contribution in [-0.2, 0) is 10.5 Å². The molecule has 1 N–H and O–H groups in total. The predicted molar refractivity (Wildman–Crippen MR) is 127 cm³/mol. The Bertz CT molecular complexity index is 1340. The van der Waals surface area contributed by atoms with Crippen molar-refractivity contribution in [1.29, 1.82) is 10.5 Å². The Kier molecular flexibility index (Phi) is 5.24. The number of hydrogen-bond acceptors (Lipinski definition) is 5. The molecule has 2 fully saturated rings. The lowest BCUT2D eigenvalue weighted by atomic mass is 9.78. The molecule has 0 aromatic heterocycles. The molecule has 3 aromatic carbocycles. The van der Waals surface area contributed by atoms with E-state index in [-0.39, 0.29) is 29.9 Å². The normalized spacial score (nSPS) is 20.7. The average Bonchev–Trinajstić information content (AvgIpc) is 3.04. The highest BCUT2D eigenvalue weighted by atomic mass is 35.5. The van der Waals surface area contributed by atoms with Gasteiger partial charge in [-0.05, 0) is 66.7 Å². The van der Waals surface area contributed by atoms with E-state index >= 15 is 0 Å². The number of rotatable bonds is 3. The van der Waals surface area contributed by atoms with E-state index in [0.29, 0.717) is 21.4 Å². The molecule has 168 valence electrons. The largest absolute Gasteiger partial charge is 0.376 e. The van der Waals surface area contributed by atoms with Crippen molar-refractivity contribution in [2.45, 2.75) is 11.3 Å². The number of carbonyl (C=O) groups is 1. The topological polar surface area (TPSA) is 101 Å².